The number of fused-ring (bicyclic) bond motifs is 1. The lowest BCUT2D eigenvalue weighted by atomic mass is 10.2. The largest absolute Gasteiger partial charge is 0.454 e. The van der Waals surface area contributed by atoms with Crippen LogP contribution in [0.2, 0.25) is 5.02 Å². The minimum Gasteiger partial charge on any atom is -0.454 e. The Morgan fingerprint density at radius 3 is 2.62 bits per heavy atom. The maximum Gasteiger partial charge on any atom is 0.321 e. The van der Waals surface area contributed by atoms with Crippen LogP contribution in [-0.4, -0.2) is 48.8 Å². The monoisotopic (exact) mass is 373 g/mol. The standard InChI is InChI=1S/C19H20ClN3O3/c20-16-4-2-1-3-14(16)12-22-7-9-23(10-8-22)19(24)21-15-5-6-17-18(11-15)26-13-25-17/h1-6,11H,7-10,12-13H2,(H,21,24). The maximum atomic E-state index is 12.5. The van der Waals surface area contributed by atoms with E-state index in [0.29, 0.717) is 30.3 Å². The van der Waals surface area contributed by atoms with Crippen molar-refractivity contribution in [2.45, 2.75) is 6.54 Å². The van der Waals surface area contributed by atoms with E-state index >= 15 is 0 Å². The molecule has 6 nitrogen and oxygen atoms in total. The van der Waals surface area contributed by atoms with Gasteiger partial charge in [0.2, 0.25) is 6.79 Å². The van der Waals surface area contributed by atoms with Crippen molar-refractivity contribution in [3.8, 4) is 11.5 Å². The summed E-state index contributed by atoms with van der Waals surface area (Å²) >= 11 is 6.23. The first-order valence-corrected chi connectivity index (χ1v) is 8.98. The van der Waals surface area contributed by atoms with E-state index in [0.717, 1.165) is 30.2 Å². The third-order valence-corrected chi connectivity index (χ3v) is 5.00. The molecule has 2 aromatic carbocycles. The van der Waals surface area contributed by atoms with Crippen LogP contribution in [0.15, 0.2) is 42.5 Å². The molecule has 1 saturated heterocycles. The van der Waals surface area contributed by atoms with Crippen LogP contribution in [0.5, 0.6) is 11.5 Å². The number of hydrogen-bond acceptors (Lipinski definition) is 4. The summed E-state index contributed by atoms with van der Waals surface area (Å²) in [6.07, 6.45) is 0. The van der Waals surface area contributed by atoms with Crippen molar-refractivity contribution in [3.05, 3.63) is 53.1 Å². The van der Waals surface area contributed by atoms with Crippen LogP contribution in [0, 0.1) is 0 Å². The van der Waals surface area contributed by atoms with Gasteiger partial charge in [0.1, 0.15) is 0 Å². The van der Waals surface area contributed by atoms with E-state index in [1.807, 2.05) is 35.2 Å². The van der Waals surface area contributed by atoms with E-state index in [4.69, 9.17) is 21.1 Å². The zero-order valence-electron chi connectivity index (χ0n) is 14.3. The van der Waals surface area contributed by atoms with Gasteiger partial charge in [-0.15, -0.1) is 0 Å². The molecule has 1 N–H and O–H groups in total. The molecule has 2 aromatic rings. The first kappa shape index (κ1) is 17.0. The number of halogens is 1. The number of nitrogens with zero attached hydrogens (tertiary/aromatic N) is 2. The van der Waals surface area contributed by atoms with Gasteiger partial charge in [0.05, 0.1) is 0 Å². The van der Waals surface area contributed by atoms with Crippen LogP contribution in [0.4, 0.5) is 10.5 Å². The maximum absolute atomic E-state index is 12.5. The first-order chi connectivity index (χ1) is 12.7. The van der Waals surface area contributed by atoms with Gasteiger partial charge in [-0.3, -0.25) is 4.90 Å². The SMILES string of the molecule is O=C(Nc1ccc2c(c1)OCO2)N1CCN(Cc2ccccc2Cl)CC1. The number of piperazine rings is 1. The molecule has 0 saturated carbocycles. The highest BCUT2D eigenvalue weighted by Crippen LogP contribution is 2.34. The van der Waals surface area contributed by atoms with Gasteiger partial charge in [0.15, 0.2) is 11.5 Å². The van der Waals surface area contributed by atoms with Crippen LogP contribution < -0.4 is 14.8 Å². The van der Waals surface area contributed by atoms with Gasteiger partial charge in [-0.1, -0.05) is 29.8 Å². The van der Waals surface area contributed by atoms with E-state index in [9.17, 15) is 4.79 Å². The minimum absolute atomic E-state index is 0.0961. The number of carbonyl (C=O) groups excluding carboxylic acids is 1. The average Bonchev–Trinajstić information content (AvgIpc) is 3.12. The van der Waals surface area contributed by atoms with Gasteiger partial charge in [0, 0.05) is 49.5 Å². The molecule has 0 aromatic heterocycles. The summed E-state index contributed by atoms with van der Waals surface area (Å²) in [5.41, 5.74) is 1.82. The molecule has 4 rings (SSSR count). The lowest BCUT2D eigenvalue weighted by molar-refractivity contribution is 0.143. The van der Waals surface area contributed by atoms with Crippen molar-refractivity contribution < 1.29 is 14.3 Å². The fourth-order valence-electron chi connectivity index (χ4n) is 3.15. The molecular weight excluding hydrogens is 354 g/mol. The zero-order valence-corrected chi connectivity index (χ0v) is 15.0. The van der Waals surface area contributed by atoms with Crippen molar-refractivity contribution in [2.24, 2.45) is 0 Å². The predicted molar refractivity (Wildman–Crippen MR) is 99.9 cm³/mol. The molecule has 136 valence electrons. The highest BCUT2D eigenvalue weighted by molar-refractivity contribution is 6.31. The van der Waals surface area contributed by atoms with E-state index in [-0.39, 0.29) is 12.8 Å². The van der Waals surface area contributed by atoms with E-state index in [1.165, 1.54) is 0 Å². The van der Waals surface area contributed by atoms with Gasteiger partial charge in [-0.2, -0.15) is 0 Å². The van der Waals surface area contributed by atoms with Crippen LogP contribution in [-0.2, 0) is 6.54 Å². The molecule has 2 aliphatic heterocycles. The second-order valence-corrected chi connectivity index (χ2v) is 6.76. The Bertz CT molecular complexity index is 806. The second kappa shape index (κ2) is 7.43. The third kappa shape index (κ3) is 3.71. The Hall–Kier alpha value is -2.44. The number of rotatable bonds is 3. The number of urea groups is 1. The van der Waals surface area contributed by atoms with Crippen molar-refractivity contribution in [1.29, 1.82) is 0 Å². The second-order valence-electron chi connectivity index (χ2n) is 6.35. The Balaban J connectivity index is 1.30. The van der Waals surface area contributed by atoms with Crippen molar-refractivity contribution in [2.75, 3.05) is 38.3 Å². The summed E-state index contributed by atoms with van der Waals surface area (Å²) in [7, 11) is 0. The van der Waals surface area contributed by atoms with Crippen LogP contribution in [0.3, 0.4) is 0 Å². The van der Waals surface area contributed by atoms with Gasteiger partial charge < -0.3 is 19.7 Å². The molecule has 0 atom stereocenters. The number of amides is 2. The van der Waals surface area contributed by atoms with Gasteiger partial charge in [-0.05, 0) is 23.8 Å². The number of ether oxygens (including phenoxy) is 2. The topological polar surface area (TPSA) is 54.0 Å². The van der Waals surface area contributed by atoms with Crippen molar-refractivity contribution in [1.82, 2.24) is 9.80 Å². The molecule has 2 amide bonds. The summed E-state index contributed by atoms with van der Waals surface area (Å²) in [6.45, 7) is 4.03. The third-order valence-electron chi connectivity index (χ3n) is 4.64. The summed E-state index contributed by atoms with van der Waals surface area (Å²) in [5, 5.41) is 3.71. The van der Waals surface area contributed by atoms with Gasteiger partial charge in [0.25, 0.3) is 0 Å². The lowest BCUT2D eigenvalue weighted by Gasteiger charge is -2.34. The molecule has 26 heavy (non-hydrogen) atoms. The van der Waals surface area contributed by atoms with E-state index in [2.05, 4.69) is 10.2 Å². The molecule has 7 heteroatoms. The Morgan fingerprint density at radius 2 is 1.81 bits per heavy atom. The quantitative estimate of drug-likeness (QED) is 0.895. The fraction of sp³-hybridized carbons (Fsp3) is 0.316. The van der Waals surface area contributed by atoms with Gasteiger partial charge in [-0.25, -0.2) is 4.79 Å². The first-order valence-electron chi connectivity index (χ1n) is 8.60. The van der Waals surface area contributed by atoms with Crippen molar-refractivity contribution >= 4 is 23.3 Å². The number of benzene rings is 2. The molecule has 0 aliphatic carbocycles. The van der Waals surface area contributed by atoms with Crippen molar-refractivity contribution in [3.63, 3.8) is 0 Å². The number of carbonyl (C=O) groups is 1. The smallest absolute Gasteiger partial charge is 0.321 e. The van der Waals surface area contributed by atoms with Crippen LogP contribution in [0.1, 0.15) is 5.56 Å². The number of nitrogens with one attached hydrogen (secondary N) is 1. The number of anilines is 1. The molecule has 1 fully saturated rings. The molecule has 2 aliphatic rings. The average molecular weight is 374 g/mol. The zero-order chi connectivity index (χ0) is 17.9. The van der Waals surface area contributed by atoms with Crippen LogP contribution >= 0.6 is 11.6 Å². The summed E-state index contributed by atoms with van der Waals surface area (Å²) in [6, 6.07) is 13.2. The molecule has 0 bridgehead atoms. The summed E-state index contributed by atoms with van der Waals surface area (Å²) in [4.78, 5) is 16.6. The van der Waals surface area contributed by atoms with Crippen LogP contribution in [0.25, 0.3) is 0 Å². The summed E-state index contributed by atoms with van der Waals surface area (Å²) in [5.74, 6) is 1.36. The number of hydrogen-bond donors (Lipinski definition) is 1. The van der Waals surface area contributed by atoms with E-state index in [1.54, 1.807) is 12.1 Å². The fourth-order valence-corrected chi connectivity index (χ4v) is 3.35. The Morgan fingerprint density at radius 1 is 1.04 bits per heavy atom. The summed E-state index contributed by atoms with van der Waals surface area (Å²) < 4.78 is 10.6. The Kier molecular flexibility index (Phi) is 4.86. The van der Waals surface area contributed by atoms with E-state index < -0.39 is 0 Å². The predicted octanol–water partition coefficient (Wildman–Crippen LogP) is 3.42. The molecule has 2 heterocycles. The molecular formula is C19H20ClN3O3. The minimum atomic E-state index is -0.0961. The van der Waals surface area contributed by atoms with Gasteiger partial charge >= 0.3 is 6.03 Å². The molecule has 0 radical (unpaired) electrons. The molecule has 0 spiro atoms. The molecule has 0 unspecified atom stereocenters. The highest BCUT2D eigenvalue weighted by Gasteiger charge is 2.22. The highest BCUT2D eigenvalue weighted by atomic mass is 35.5. The lowest BCUT2D eigenvalue weighted by Crippen LogP contribution is -2.49. The normalized spacial score (nSPS) is 16.6. The Labute approximate surface area is 157 Å².